The summed E-state index contributed by atoms with van der Waals surface area (Å²) in [4.78, 5) is 24.2. The Kier molecular flexibility index (Phi) is 7.45. The SMILES string of the molecule is CC(=O)Nc1sc(C)cc1CNC[C@H]1CC[C@@H](Nc2nc(N(C)C)c3ccccc3n2)CC1. The van der Waals surface area contributed by atoms with Crippen molar-refractivity contribution in [1.82, 2.24) is 15.3 Å². The Morgan fingerprint density at radius 1 is 1.15 bits per heavy atom. The largest absolute Gasteiger partial charge is 0.362 e. The van der Waals surface area contributed by atoms with E-state index in [-0.39, 0.29) is 5.91 Å². The van der Waals surface area contributed by atoms with Gasteiger partial charge in [-0.3, -0.25) is 4.79 Å². The molecule has 0 bridgehead atoms. The number of benzene rings is 1. The van der Waals surface area contributed by atoms with Crippen molar-refractivity contribution in [3.8, 4) is 0 Å². The molecular formula is C25H34N6OS. The van der Waals surface area contributed by atoms with Gasteiger partial charge in [0.15, 0.2) is 0 Å². The van der Waals surface area contributed by atoms with E-state index in [9.17, 15) is 4.79 Å². The summed E-state index contributed by atoms with van der Waals surface area (Å²) in [7, 11) is 4.04. The van der Waals surface area contributed by atoms with Gasteiger partial charge < -0.3 is 20.9 Å². The van der Waals surface area contributed by atoms with Crippen LogP contribution in [0.2, 0.25) is 0 Å². The van der Waals surface area contributed by atoms with Crippen molar-refractivity contribution in [1.29, 1.82) is 0 Å². The number of anilines is 3. The molecule has 0 radical (unpaired) electrons. The van der Waals surface area contributed by atoms with Gasteiger partial charge >= 0.3 is 0 Å². The van der Waals surface area contributed by atoms with Gasteiger partial charge in [-0.05, 0) is 63.3 Å². The quantitative estimate of drug-likeness (QED) is 0.443. The highest BCUT2D eigenvalue weighted by Crippen LogP contribution is 2.30. The molecule has 1 aliphatic rings. The third-order valence-corrected chi connectivity index (χ3v) is 7.17. The standard InChI is InChI=1S/C25H34N6OS/c1-16-13-19(24(33-16)27-17(2)32)15-26-14-18-9-11-20(12-10-18)28-25-29-22-8-6-5-7-21(22)23(30-25)31(3)4/h5-8,13,18,20,26H,9-12,14-15H2,1-4H3,(H,27,32)(H,28,29,30)/t18-,20+. The molecule has 2 aromatic heterocycles. The summed E-state index contributed by atoms with van der Waals surface area (Å²) in [5.74, 6) is 2.32. The van der Waals surface area contributed by atoms with E-state index in [0.29, 0.717) is 12.0 Å². The number of thiophene rings is 1. The third kappa shape index (κ3) is 6.00. The second-order valence-electron chi connectivity index (χ2n) is 9.17. The summed E-state index contributed by atoms with van der Waals surface area (Å²) in [6.07, 6.45) is 4.60. The van der Waals surface area contributed by atoms with Crippen LogP contribution in [-0.4, -0.2) is 42.6 Å². The number of fused-ring (bicyclic) bond motifs is 1. The lowest BCUT2D eigenvalue weighted by Gasteiger charge is -2.29. The van der Waals surface area contributed by atoms with Crippen LogP contribution < -0.4 is 20.9 Å². The minimum absolute atomic E-state index is 0.0167. The van der Waals surface area contributed by atoms with Crippen LogP contribution in [0, 0.1) is 12.8 Å². The topological polar surface area (TPSA) is 82.2 Å². The first kappa shape index (κ1) is 23.4. The number of aryl methyl sites for hydroxylation is 1. The maximum absolute atomic E-state index is 11.4. The van der Waals surface area contributed by atoms with E-state index in [1.165, 1.54) is 23.3 Å². The molecule has 2 heterocycles. The van der Waals surface area contributed by atoms with Crippen molar-refractivity contribution in [2.24, 2.45) is 5.92 Å². The molecule has 0 unspecified atom stereocenters. The van der Waals surface area contributed by atoms with Crippen molar-refractivity contribution in [3.05, 3.63) is 40.8 Å². The first-order valence-corrected chi connectivity index (χ1v) is 12.5. The van der Waals surface area contributed by atoms with E-state index in [0.717, 1.165) is 53.6 Å². The number of rotatable bonds is 8. The summed E-state index contributed by atoms with van der Waals surface area (Å²) in [5.41, 5.74) is 2.15. The fourth-order valence-electron chi connectivity index (χ4n) is 4.53. The van der Waals surface area contributed by atoms with E-state index in [1.54, 1.807) is 18.3 Å². The Balaban J connectivity index is 1.28. The summed E-state index contributed by atoms with van der Waals surface area (Å²) in [5, 5.41) is 12.2. The van der Waals surface area contributed by atoms with E-state index < -0.39 is 0 Å². The number of hydrogen-bond donors (Lipinski definition) is 3. The van der Waals surface area contributed by atoms with Gasteiger partial charge in [-0.1, -0.05) is 12.1 Å². The van der Waals surface area contributed by atoms with Crippen LogP contribution in [-0.2, 0) is 11.3 Å². The van der Waals surface area contributed by atoms with Crippen molar-refractivity contribution >= 4 is 44.9 Å². The first-order valence-electron chi connectivity index (χ1n) is 11.7. The molecule has 1 amide bonds. The maximum Gasteiger partial charge on any atom is 0.225 e. The van der Waals surface area contributed by atoms with Gasteiger partial charge in [-0.2, -0.15) is 4.98 Å². The smallest absolute Gasteiger partial charge is 0.225 e. The Labute approximate surface area is 200 Å². The molecule has 176 valence electrons. The lowest BCUT2D eigenvalue weighted by molar-refractivity contribution is -0.114. The van der Waals surface area contributed by atoms with Gasteiger partial charge in [0.25, 0.3) is 0 Å². The normalized spacial score (nSPS) is 18.3. The number of hydrogen-bond acceptors (Lipinski definition) is 7. The molecule has 1 fully saturated rings. The lowest BCUT2D eigenvalue weighted by Crippen LogP contribution is -2.31. The van der Waals surface area contributed by atoms with E-state index in [1.807, 2.05) is 37.2 Å². The average molecular weight is 467 g/mol. The molecule has 1 aromatic carbocycles. The number of carbonyl (C=O) groups excluding carboxylic acids is 1. The average Bonchev–Trinajstić information content (AvgIpc) is 3.12. The van der Waals surface area contributed by atoms with E-state index in [2.05, 4.69) is 35.0 Å². The summed E-state index contributed by atoms with van der Waals surface area (Å²) in [6.45, 7) is 5.42. The van der Waals surface area contributed by atoms with E-state index in [4.69, 9.17) is 9.97 Å². The second-order valence-corrected chi connectivity index (χ2v) is 10.4. The number of carbonyl (C=O) groups is 1. The van der Waals surface area contributed by atoms with Crippen LogP contribution in [0.15, 0.2) is 30.3 Å². The van der Waals surface area contributed by atoms with Crippen LogP contribution in [0.3, 0.4) is 0 Å². The van der Waals surface area contributed by atoms with E-state index >= 15 is 0 Å². The highest BCUT2D eigenvalue weighted by Gasteiger charge is 2.22. The van der Waals surface area contributed by atoms with Gasteiger partial charge in [0.1, 0.15) is 5.82 Å². The van der Waals surface area contributed by atoms with Gasteiger partial charge in [0.05, 0.1) is 10.5 Å². The van der Waals surface area contributed by atoms with Crippen LogP contribution in [0.1, 0.15) is 43.0 Å². The summed E-state index contributed by atoms with van der Waals surface area (Å²) < 4.78 is 0. The molecule has 33 heavy (non-hydrogen) atoms. The monoisotopic (exact) mass is 466 g/mol. The molecule has 3 aromatic rings. The zero-order valence-electron chi connectivity index (χ0n) is 19.9. The lowest BCUT2D eigenvalue weighted by atomic mass is 9.86. The van der Waals surface area contributed by atoms with Gasteiger partial charge in [-0.25, -0.2) is 4.98 Å². The van der Waals surface area contributed by atoms with Crippen LogP contribution in [0.25, 0.3) is 10.9 Å². The molecule has 0 atom stereocenters. The van der Waals surface area contributed by atoms with Crippen LogP contribution >= 0.6 is 11.3 Å². The molecule has 0 aliphatic heterocycles. The van der Waals surface area contributed by atoms with Gasteiger partial charge in [0.2, 0.25) is 11.9 Å². The van der Waals surface area contributed by atoms with Crippen LogP contribution in [0.5, 0.6) is 0 Å². The highest BCUT2D eigenvalue weighted by atomic mass is 32.1. The van der Waals surface area contributed by atoms with Gasteiger partial charge in [0, 0.05) is 49.4 Å². The zero-order valence-corrected chi connectivity index (χ0v) is 20.8. The molecular weight excluding hydrogens is 432 g/mol. The molecule has 7 nitrogen and oxygen atoms in total. The maximum atomic E-state index is 11.4. The fraction of sp³-hybridized carbons (Fsp3) is 0.480. The Morgan fingerprint density at radius 3 is 2.64 bits per heavy atom. The zero-order chi connectivity index (χ0) is 23.4. The van der Waals surface area contributed by atoms with Crippen molar-refractivity contribution in [2.45, 2.75) is 52.1 Å². The summed E-state index contributed by atoms with van der Waals surface area (Å²) >= 11 is 1.64. The van der Waals surface area contributed by atoms with Crippen LogP contribution in [0.4, 0.5) is 16.8 Å². The number of amides is 1. The predicted octanol–water partition coefficient (Wildman–Crippen LogP) is 4.78. The van der Waals surface area contributed by atoms with Crippen molar-refractivity contribution in [2.75, 3.05) is 36.2 Å². The molecule has 3 N–H and O–H groups in total. The molecule has 4 rings (SSSR count). The predicted molar refractivity (Wildman–Crippen MR) is 138 cm³/mol. The Morgan fingerprint density at radius 2 is 1.91 bits per heavy atom. The summed E-state index contributed by atoms with van der Waals surface area (Å²) in [6, 6.07) is 10.7. The fourth-order valence-corrected chi connectivity index (χ4v) is 5.51. The van der Waals surface area contributed by atoms with Crippen molar-refractivity contribution < 1.29 is 4.79 Å². The third-order valence-electron chi connectivity index (χ3n) is 6.16. The number of nitrogens with one attached hydrogen (secondary N) is 3. The Hall–Kier alpha value is -2.71. The number of aromatic nitrogens is 2. The molecule has 0 saturated heterocycles. The van der Waals surface area contributed by atoms with Gasteiger partial charge in [-0.15, -0.1) is 11.3 Å². The molecule has 8 heteroatoms. The number of para-hydroxylation sites is 1. The number of nitrogens with zero attached hydrogens (tertiary/aromatic N) is 3. The van der Waals surface area contributed by atoms with Crippen molar-refractivity contribution in [3.63, 3.8) is 0 Å². The molecule has 0 spiro atoms. The minimum Gasteiger partial charge on any atom is -0.362 e. The second kappa shape index (κ2) is 10.5. The first-order chi connectivity index (χ1) is 15.9. The minimum atomic E-state index is -0.0167. The highest BCUT2D eigenvalue weighted by molar-refractivity contribution is 7.16. The molecule has 1 saturated carbocycles. The molecule has 1 aliphatic carbocycles. The Bertz CT molecular complexity index is 1100.